The van der Waals surface area contributed by atoms with Crippen molar-refractivity contribution in [2.24, 2.45) is 0 Å². The van der Waals surface area contributed by atoms with Crippen molar-refractivity contribution in [2.45, 2.75) is 44.9 Å². The molecular weight excluding hydrogens is 230 g/mol. The summed E-state index contributed by atoms with van der Waals surface area (Å²) >= 11 is 0. The summed E-state index contributed by atoms with van der Waals surface area (Å²) in [5.41, 5.74) is 7.18. The summed E-state index contributed by atoms with van der Waals surface area (Å²) in [5.74, 6) is 0.418. The second-order valence-corrected chi connectivity index (χ2v) is 4.66. The van der Waals surface area contributed by atoms with E-state index in [1.807, 2.05) is 4.57 Å². The summed E-state index contributed by atoms with van der Waals surface area (Å²) in [6, 6.07) is 0. The molecule has 3 rings (SSSR count). The quantitative estimate of drug-likeness (QED) is 0.895. The Labute approximate surface area is 105 Å². The molecule has 2 N–H and O–H groups in total. The smallest absolute Gasteiger partial charge is 0.167 e. The number of ether oxygens (including phenoxy) is 1. The number of hydrogen-bond acceptors (Lipinski definition) is 5. The Morgan fingerprint density at radius 3 is 3.11 bits per heavy atom. The maximum atomic E-state index is 6.02. The summed E-state index contributed by atoms with van der Waals surface area (Å²) in [6.07, 6.45) is 7.96. The Hall–Kier alpha value is -1.69. The topological polar surface area (TPSA) is 78.9 Å². The summed E-state index contributed by atoms with van der Waals surface area (Å²) < 4.78 is 7.98. The first-order valence-corrected chi connectivity index (χ1v) is 6.38. The van der Waals surface area contributed by atoms with Gasteiger partial charge in [0.2, 0.25) is 0 Å². The lowest BCUT2D eigenvalue weighted by Gasteiger charge is -2.14. The molecule has 18 heavy (non-hydrogen) atoms. The van der Waals surface area contributed by atoms with Gasteiger partial charge in [0.15, 0.2) is 11.5 Å². The molecule has 1 aliphatic rings. The van der Waals surface area contributed by atoms with Gasteiger partial charge in [0.1, 0.15) is 18.1 Å². The van der Waals surface area contributed by atoms with Crippen LogP contribution >= 0.6 is 0 Å². The van der Waals surface area contributed by atoms with Gasteiger partial charge in [-0.1, -0.05) is 13.3 Å². The van der Waals surface area contributed by atoms with Gasteiger partial charge in [-0.2, -0.15) is 0 Å². The molecule has 0 radical (unpaired) electrons. The molecule has 0 saturated carbocycles. The Kier molecular flexibility index (Phi) is 2.87. The van der Waals surface area contributed by atoms with Crippen LogP contribution in [-0.2, 0) is 4.74 Å². The third kappa shape index (κ3) is 1.82. The normalized spacial score (nSPS) is 23.8. The van der Waals surface area contributed by atoms with Gasteiger partial charge in [0, 0.05) is 0 Å². The van der Waals surface area contributed by atoms with E-state index in [0.717, 1.165) is 31.3 Å². The predicted octanol–water partition coefficient (Wildman–Crippen LogP) is 1.89. The lowest BCUT2D eigenvalue weighted by atomic mass is 10.1. The molecular formula is C12H17N5O. The molecule has 0 spiro atoms. The number of aromatic nitrogens is 4. The van der Waals surface area contributed by atoms with Crippen LogP contribution in [0, 0.1) is 0 Å². The average molecular weight is 247 g/mol. The monoisotopic (exact) mass is 247 g/mol. The van der Waals surface area contributed by atoms with Crippen molar-refractivity contribution in [1.82, 2.24) is 19.5 Å². The third-order valence-corrected chi connectivity index (χ3v) is 3.39. The standard InChI is InChI=1S/C12H17N5O/c1-2-3-8-4-5-9(18-8)17-7-16-10-11(13)14-6-15-12(10)17/h6-9H,2-5H2,1H3,(H2,13,14,15). The van der Waals surface area contributed by atoms with Crippen molar-refractivity contribution in [3.63, 3.8) is 0 Å². The number of nitrogens with two attached hydrogens (primary N) is 1. The fraction of sp³-hybridized carbons (Fsp3) is 0.583. The molecule has 1 fully saturated rings. The van der Waals surface area contributed by atoms with Crippen LogP contribution in [0.2, 0.25) is 0 Å². The van der Waals surface area contributed by atoms with Crippen LogP contribution in [0.4, 0.5) is 5.82 Å². The molecule has 2 aromatic rings. The minimum atomic E-state index is 0.0286. The second kappa shape index (κ2) is 4.53. The maximum absolute atomic E-state index is 6.02. The van der Waals surface area contributed by atoms with Crippen molar-refractivity contribution < 1.29 is 4.74 Å². The summed E-state index contributed by atoms with van der Waals surface area (Å²) in [7, 11) is 0. The van der Waals surface area contributed by atoms with E-state index in [1.165, 1.54) is 6.33 Å². The minimum absolute atomic E-state index is 0.0286. The molecule has 2 unspecified atom stereocenters. The molecule has 0 aliphatic carbocycles. The van der Waals surface area contributed by atoms with Crippen LogP contribution in [-0.4, -0.2) is 25.6 Å². The van der Waals surface area contributed by atoms with Crippen LogP contribution in [0.5, 0.6) is 0 Å². The van der Waals surface area contributed by atoms with Gasteiger partial charge >= 0.3 is 0 Å². The SMILES string of the molecule is CCCC1CCC(n2cnc3c(N)ncnc32)O1. The molecule has 6 nitrogen and oxygen atoms in total. The zero-order valence-corrected chi connectivity index (χ0v) is 10.4. The highest BCUT2D eigenvalue weighted by Gasteiger charge is 2.27. The Bertz CT molecular complexity index is 552. The van der Waals surface area contributed by atoms with Crippen LogP contribution in [0.3, 0.4) is 0 Å². The van der Waals surface area contributed by atoms with Gasteiger partial charge in [-0.15, -0.1) is 0 Å². The number of anilines is 1. The van der Waals surface area contributed by atoms with Crippen molar-refractivity contribution in [1.29, 1.82) is 0 Å². The van der Waals surface area contributed by atoms with Crippen LogP contribution in [0.25, 0.3) is 11.2 Å². The summed E-state index contributed by atoms with van der Waals surface area (Å²) in [5, 5.41) is 0. The van der Waals surface area contributed by atoms with Crippen molar-refractivity contribution >= 4 is 17.0 Å². The second-order valence-electron chi connectivity index (χ2n) is 4.66. The van der Waals surface area contributed by atoms with Gasteiger partial charge in [-0.25, -0.2) is 15.0 Å². The van der Waals surface area contributed by atoms with Gasteiger partial charge in [-0.05, 0) is 19.3 Å². The highest BCUT2D eigenvalue weighted by Crippen LogP contribution is 2.32. The molecule has 0 bridgehead atoms. The average Bonchev–Trinajstić information content (AvgIpc) is 2.96. The molecule has 0 amide bonds. The van der Waals surface area contributed by atoms with Crippen molar-refractivity contribution in [3.8, 4) is 0 Å². The van der Waals surface area contributed by atoms with E-state index in [0.29, 0.717) is 17.4 Å². The number of imidazole rings is 1. The van der Waals surface area contributed by atoms with Gasteiger partial charge < -0.3 is 10.5 Å². The number of fused-ring (bicyclic) bond motifs is 1. The first-order chi connectivity index (χ1) is 8.79. The molecule has 2 atom stereocenters. The molecule has 96 valence electrons. The van der Waals surface area contributed by atoms with Crippen LogP contribution in [0.1, 0.15) is 38.8 Å². The van der Waals surface area contributed by atoms with E-state index >= 15 is 0 Å². The van der Waals surface area contributed by atoms with Gasteiger partial charge in [0.05, 0.1) is 12.4 Å². The fourth-order valence-corrected chi connectivity index (χ4v) is 2.51. The highest BCUT2D eigenvalue weighted by atomic mass is 16.5. The van der Waals surface area contributed by atoms with E-state index in [4.69, 9.17) is 10.5 Å². The van der Waals surface area contributed by atoms with E-state index in [2.05, 4.69) is 21.9 Å². The fourth-order valence-electron chi connectivity index (χ4n) is 2.51. The Morgan fingerprint density at radius 2 is 2.28 bits per heavy atom. The lowest BCUT2D eigenvalue weighted by Crippen LogP contribution is -2.11. The highest BCUT2D eigenvalue weighted by molar-refractivity contribution is 5.81. The first-order valence-electron chi connectivity index (χ1n) is 6.38. The summed E-state index contributed by atoms with van der Waals surface area (Å²) in [6.45, 7) is 2.18. The zero-order chi connectivity index (χ0) is 12.5. The molecule has 1 saturated heterocycles. The molecule has 1 aliphatic heterocycles. The minimum Gasteiger partial charge on any atom is -0.382 e. The first kappa shape index (κ1) is 11.4. The zero-order valence-electron chi connectivity index (χ0n) is 10.4. The van der Waals surface area contributed by atoms with E-state index < -0.39 is 0 Å². The van der Waals surface area contributed by atoms with E-state index in [-0.39, 0.29) is 6.23 Å². The predicted molar refractivity (Wildman–Crippen MR) is 67.8 cm³/mol. The van der Waals surface area contributed by atoms with Crippen LogP contribution < -0.4 is 5.73 Å². The number of hydrogen-bond donors (Lipinski definition) is 1. The molecule has 3 heterocycles. The summed E-state index contributed by atoms with van der Waals surface area (Å²) in [4.78, 5) is 12.5. The van der Waals surface area contributed by atoms with Crippen LogP contribution in [0.15, 0.2) is 12.7 Å². The molecule has 0 aromatic carbocycles. The van der Waals surface area contributed by atoms with E-state index in [9.17, 15) is 0 Å². The van der Waals surface area contributed by atoms with Crippen molar-refractivity contribution in [3.05, 3.63) is 12.7 Å². The number of nitrogens with zero attached hydrogens (tertiary/aromatic N) is 4. The third-order valence-electron chi connectivity index (χ3n) is 3.39. The van der Waals surface area contributed by atoms with E-state index in [1.54, 1.807) is 6.33 Å². The lowest BCUT2D eigenvalue weighted by molar-refractivity contribution is 0.000460. The maximum Gasteiger partial charge on any atom is 0.167 e. The largest absolute Gasteiger partial charge is 0.382 e. The Balaban J connectivity index is 1.89. The van der Waals surface area contributed by atoms with Gasteiger partial charge in [-0.3, -0.25) is 4.57 Å². The van der Waals surface area contributed by atoms with Gasteiger partial charge in [0.25, 0.3) is 0 Å². The van der Waals surface area contributed by atoms with Crippen molar-refractivity contribution in [2.75, 3.05) is 5.73 Å². The Morgan fingerprint density at radius 1 is 1.39 bits per heavy atom. The number of rotatable bonds is 3. The molecule has 2 aromatic heterocycles. The number of nitrogen functional groups attached to an aromatic ring is 1. The molecule has 6 heteroatoms.